The Morgan fingerprint density at radius 1 is 1.00 bits per heavy atom. The molecule has 2 aromatic carbocycles. The van der Waals surface area contributed by atoms with Crippen molar-refractivity contribution in [1.29, 1.82) is 0 Å². The molecule has 2 aromatic rings. The van der Waals surface area contributed by atoms with Crippen LogP contribution in [-0.2, 0) is 6.54 Å². The minimum Gasteiger partial charge on any atom is -0.455 e. The summed E-state index contributed by atoms with van der Waals surface area (Å²) in [4.78, 5) is 0. The molecule has 0 fully saturated rings. The predicted molar refractivity (Wildman–Crippen MR) is 75.9 cm³/mol. The lowest BCUT2D eigenvalue weighted by atomic mass is 10.2. The van der Waals surface area contributed by atoms with Crippen molar-refractivity contribution in [3.63, 3.8) is 0 Å². The second-order valence-electron chi connectivity index (χ2n) is 3.61. The van der Waals surface area contributed by atoms with Crippen molar-refractivity contribution in [3.05, 3.63) is 57.0 Å². The summed E-state index contributed by atoms with van der Waals surface area (Å²) in [5.74, 6) is 1.10. The summed E-state index contributed by atoms with van der Waals surface area (Å²) >= 11 is 17.9. The van der Waals surface area contributed by atoms with E-state index in [4.69, 9.17) is 45.3 Å². The first-order valence-corrected chi connectivity index (χ1v) is 6.35. The van der Waals surface area contributed by atoms with E-state index in [2.05, 4.69) is 0 Å². The second-order valence-corrected chi connectivity index (χ2v) is 4.83. The number of rotatable bonds is 3. The van der Waals surface area contributed by atoms with Crippen LogP contribution in [0.5, 0.6) is 11.5 Å². The highest BCUT2D eigenvalue weighted by Crippen LogP contribution is 2.36. The lowest BCUT2D eigenvalue weighted by Gasteiger charge is -2.12. The van der Waals surface area contributed by atoms with Gasteiger partial charge in [0.2, 0.25) is 0 Å². The van der Waals surface area contributed by atoms with E-state index in [1.807, 2.05) is 0 Å². The van der Waals surface area contributed by atoms with Gasteiger partial charge in [0.1, 0.15) is 16.5 Å². The van der Waals surface area contributed by atoms with Crippen LogP contribution in [0, 0.1) is 0 Å². The SMILES string of the molecule is NCc1cc(Cl)ccc1Oc1cccc(Cl)c1Cl. The minimum atomic E-state index is 0.327. The smallest absolute Gasteiger partial charge is 0.147 e. The highest BCUT2D eigenvalue weighted by Gasteiger charge is 2.09. The van der Waals surface area contributed by atoms with Crippen molar-refractivity contribution >= 4 is 34.8 Å². The third kappa shape index (κ3) is 2.90. The Hall–Kier alpha value is -0.930. The number of halogens is 3. The van der Waals surface area contributed by atoms with Crippen molar-refractivity contribution in [3.8, 4) is 11.5 Å². The molecule has 0 unspecified atom stereocenters. The van der Waals surface area contributed by atoms with Crippen molar-refractivity contribution in [2.24, 2.45) is 5.73 Å². The largest absolute Gasteiger partial charge is 0.455 e. The van der Waals surface area contributed by atoms with E-state index in [0.29, 0.717) is 33.1 Å². The van der Waals surface area contributed by atoms with E-state index in [-0.39, 0.29) is 0 Å². The fraction of sp³-hybridized carbons (Fsp3) is 0.0769. The van der Waals surface area contributed by atoms with E-state index in [9.17, 15) is 0 Å². The quantitative estimate of drug-likeness (QED) is 0.875. The molecule has 0 bridgehead atoms. The van der Waals surface area contributed by atoms with Gasteiger partial charge in [-0.05, 0) is 30.3 Å². The maximum absolute atomic E-state index is 6.06. The third-order valence-electron chi connectivity index (χ3n) is 2.38. The van der Waals surface area contributed by atoms with E-state index in [0.717, 1.165) is 5.56 Å². The average Bonchev–Trinajstić information content (AvgIpc) is 2.37. The summed E-state index contributed by atoms with van der Waals surface area (Å²) < 4.78 is 5.71. The van der Waals surface area contributed by atoms with Gasteiger partial charge in [0.15, 0.2) is 0 Å². The Labute approximate surface area is 120 Å². The average molecular weight is 303 g/mol. The van der Waals surface area contributed by atoms with Gasteiger partial charge in [-0.15, -0.1) is 0 Å². The summed E-state index contributed by atoms with van der Waals surface area (Å²) in [6, 6.07) is 10.4. The third-order valence-corrected chi connectivity index (χ3v) is 3.42. The predicted octanol–water partition coefficient (Wildman–Crippen LogP) is 4.90. The van der Waals surface area contributed by atoms with Gasteiger partial charge in [0, 0.05) is 17.1 Å². The molecule has 0 heterocycles. The number of nitrogens with two attached hydrogens (primary N) is 1. The monoisotopic (exact) mass is 301 g/mol. The van der Waals surface area contributed by atoms with Crippen LogP contribution >= 0.6 is 34.8 Å². The van der Waals surface area contributed by atoms with Crippen LogP contribution in [0.2, 0.25) is 15.1 Å². The number of hydrogen-bond donors (Lipinski definition) is 1. The van der Waals surface area contributed by atoms with Gasteiger partial charge in [0.05, 0.1) is 5.02 Å². The first-order valence-electron chi connectivity index (χ1n) is 5.22. The molecule has 0 saturated carbocycles. The molecule has 2 rings (SSSR count). The molecule has 0 aliphatic heterocycles. The maximum Gasteiger partial charge on any atom is 0.147 e. The summed E-state index contributed by atoms with van der Waals surface area (Å²) in [5, 5.41) is 1.43. The molecule has 0 saturated heterocycles. The van der Waals surface area contributed by atoms with Crippen molar-refractivity contribution in [2.75, 3.05) is 0 Å². The zero-order chi connectivity index (χ0) is 13.1. The lowest BCUT2D eigenvalue weighted by Crippen LogP contribution is -1.99. The van der Waals surface area contributed by atoms with Crippen molar-refractivity contribution in [2.45, 2.75) is 6.54 Å². The molecule has 0 aliphatic carbocycles. The van der Waals surface area contributed by atoms with Gasteiger partial charge in [-0.2, -0.15) is 0 Å². The van der Waals surface area contributed by atoms with Gasteiger partial charge in [-0.25, -0.2) is 0 Å². The molecular formula is C13H10Cl3NO. The number of ether oxygens (including phenoxy) is 1. The highest BCUT2D eigenvalue weighted by atomic mass is 35.5. The fourth-order valence-electron chi connectivity index (χ4n) is 1.49. The Bertz CT molecular complexity index is 572. The van der Waals surface area contributed by atoms with Crippen molar-refractivity contribution < 1.29 is 4.74 Å². The summed E-state index contributed by atoms with van der Waals surface area (Å²) in [5.41, 5.74) is 6.45. The van der Waals surface area contributed by atoms with Gasteiger partial charge in [-0.1, -0.05) is 40.9 Å². The van der Waals surface area contributed by atoms with Crippen LogP contribution in [0.25, 0.3) is 0 Å². The molecule has 94 valence electrons. The van der Waals surface area contributed by atoms with Crippen LogP contribution in [0.1, 0.15) is 5.56 Å². The standard InChI is InChI=1S/C13H10Cl3NO/c14-9-4-5-11(8(6-9)7-17)18-12-3-1-2-10(15)13(12)16/h1-6H,7,17H2. The molecule has 2 N–H and O–H groups in total. The summed E-state index contributed by atoms with van der Waals surface area (Å²) in [7, 11) is 0. The van der Waals surface area contributed by atoms with Crippen LogP contribution < -0.4 is 10.5 Å². The number of benzene rings is 2. The topological polar surface area (TPSA) is 35.2 Å². The second kappa shape index (κ2) is 5.81. The molecule has 5 heteroatoms. The van der Waals surface area contributed by atoms with Crippen molar-refractivity contribution in [1.82, 2.24) is 0 Å². The zero-order valence-corrected chi connectivity index (χ0v) is 11.6. The molecule has 0 atom stereocenters. The normalized spacial score (nSPS) is 10.4. The van der Waals surface area contributed by atoms with Gasteiger partial charge in [0.25, 0.3) is 0 Å². The van der Waals surface area contributed by atoms with Crippen LogP contribution in [-0.4, -0.2) is 0 Å². The molecule has 0 radical (unpaired) electrons. The fourth-order valence-corrected chi connectivity index (χ4v) is 2.01. The summed E-state index contributed by atoms with van der Waals surface area (Å²) in [6.07, 6.45) is 0. The molecule has 2 nitrogen and oxygen atoms in total. The highest BCUT2D eigenvalue weighted by molar-refractivity contribution is 6.42. The molecule has 0 aromatic heterocycles. The van der Waals surface area contributed by atoms with Crippen LogP contribution in [0.15, 0.2) is 36.4 Å². The summed E-state index contributed by atoms with van der Waals surface area (Å²) in [6.45, 7) is 0.327. The molecule has 0 amide bonds. The van der Waals surface area contributed by atoms with Gasteiger partial charge < -0.3 is 10.5 Å². The zero-order valence-electron chi connectivity index (χ0n) is 9.29. The lowest BCUT2D eigenvalue weighted by molar-refractivity contribution is 0.476. The first kappa shape index (κ1) is 13.5. The minimum absolute atomic E-state index is 0.327. The Kier molecular flexibility index (Phi) is 4.36. The van der Waals surface area contributed by atoms with Crippen LogP contribution in [0.3, 0.4) is 0 Å². The molecule has 0 spiro atoms. The Morgan fingerprint density at radius 2 is 1.78 bits per heavy atom. The molecular weight excluding hydrogens is 293 g/mol. The van der Waals surface area contributed by atoms with Gasteiger partial charge in [-0.3, -0.25) is 0 Å². The van der Waals surface area contributed by atoms with Gasteiger partial charge >= 0.3 is 0 Å². The van der Waals surface area contributed by atoms with E-state index >= 15 is 0 Å². The first-order chi connectivity index (χ1) is 8.61. The molecule has 0 aliphatic rings. The van der Waals surface area contributed by atoms with E-state index < -0.39 is 0 Å². The van der Waals surface area contributed by atoms with Crippen LogP contribution in [0.4, 0.5) is 0 Å². The maximum atomic E-state index is 6.06. The van der Waals surface area contributed by atoms with E-state index in [1.165, 1.54) is 0 Å². The Balaban J connectivity index is 2.37. The van der Waals surface area contributed by atoms with E-state index in [1.54, 1.807) is 36.4 Å². The number of hydrogen-bond acceptors (Lipinski definition) is 2. The molecule has 18 heavy (non-hydrogen) atoms. The Morgan fingerprint density at radius 3 is 2.50 bits per heavy atom.